The molecular weight excluding hydrogens is 240 g/mol. The van der Waals surface area contributed by atoms with Crippen LogP contribution >= 0.6 is 0 Å². The van der Waals surface area contributed by atoms with E-state index >= 15 is 0 Å². The number of morpholine rings is 1. The monoisotopic (exact) mass is 258 g/mol. The number of phenols is 1. The van der Waals surface area contributed by atoms with Crippen LogP contribution in [0.25, 0.3) is 10.9 Å². The first-order valence-corrected chi connectivity index (χ1v) is 6.71. The molecule has 4 heteroatoms. The first-order valence-electron chi connectivity index (χ1n) is 6.71. The molecule has 0 atom stereocenters. The summed E-state index contributed by atoms with van der Waals surface area (Å²) < 4.78 is 5.33. The zero-order chi connectivity index (χ0) is 13.1. The molecule has 1 fully saturated rings. The molecule has 19 heavy (non-hydrogen) atoms. The maximum atomic E-state index is 9.82. The Kier molecular flexibility index (Phi) is 3.62. The largest absolute Gasteiger partial charge is 0.506 e. The van der Waals surface area contributed by atoms with Crippen molar-refractivity contribution in [2.75, 3.05) is 32.8 Å². The summed E-state index contributed by atoms with van der Waals surface area (Å²) in [5, 5.41) is 10.8. The van der Waals surface area contributed by atoms with Crippen LogP contribution < -0.4 is 0 Å². The van der Waals surface area contributed by atoms with Crippen LogP contribution in [0.3, 0.4) is 0 Å². The number of para-hydroxylation sites is 1. The van der Waals surface area contributed by atoms with E-state index in [4.69, 9.17) is 4.74 Å². The molecule has 1 aliphatic rings. The summed E-state index contributed by atoms with van der Waals surface area (Å²) in [6.45, 7) is 4.64. The van der Waals surface area contributed by atoms with E-state index in [1.165, 1.54) is 0 Å². The minimum Gasteiger partial charge on any atom is -0.506 e. The molecule has 0 amide bonds. The third-order valence-electron chi connectivity index (χ3n) is 3.54. The van der Waals surface area contributed by atoms with Crippen LogP contribution in [-0.2, 0) is 11.2 Å². The van der Waals surface area contributed by atoms with Gasteiger partial charge in [-0.3, -0.25) is 4.90 Å². The molecule has 1 aromatic heterocycles. The standard InChI is InChI=1S/C15H18N2O2/c18-14-3-1-2-12-4-5-13(16-15(12)14)6-7-17-8-10-19-11-9-17/h1-5,18H,6-11H2. The summed E-state index contributed by atoms with van der Waals surface area (Å²) in [5.74, 6) is 0.255. The average molecular weight is 258 g/mol. The molecule has 0 spiro atoms. The topological polar surface area (TPSA) is 45.6 Å². The Morgan fingerprint density at radius 2 is 2.00 bits per heavy atom. The summed E-state index contributed by atoms with van der Waals surface area (Å²) >= 11 is 0. The predicted octanol–water partition coefficient (Wildman–Crippen LogP) is 1.82. The van der Waals surface area contributed by atoms with E-state index in [0.29, 0.717) is 5.52 Å². The Labute approximate surface area is 112 Å². The van der Waals surface area contributed by atoms with Crippen LogP contribution in [0.15, 0.2) is 30.3 Å². The normalized spacial score (nSPS) is 16.8. The minimum atomic E-state index is 0.255. The summed E-state index contributed by atoms with van der Waals surface area (Å²) in [7, 11) is 0. The number of hydrogen-bond donors (Lipinski definition) is 1. The molecule has 0 bridgehead atoms. The maximum Gasteiger partial charge on any atom is 0.141 e. The number of aromatic hydroxyl groups is 1. The molecule has 0 aliphatic carbocycles. The summed E-state index contributed by atoms with van der Waals surface area (Å²) in [6, 6.07) is 9.56. The van der Waals surface area contributed by atoms with Crippen LogP contribution in [0.2, 0.25) is 0 Å². The van der Waals surface area contributed by atoms with Gasteiger partial charge in [0.15, 0.2) is 0 Å². The van der Waals surface area contributed by atoms with Crippen molar-refractivity contribution in [3.05, 3.63) is 36.0 Å². The van der Waals surface area contributed by atoms with Crippen LogP contribution in [-0.4, -0.2) is 47.8 Å². The van der Waals surface area contributed by atoms with Gasteiger partial charge in [0, 0.05) is 37.1 Å². The van der Waals surface area contributed by atoms with E-state index in [1.54, 1.807) is 6.07 Å². The Morgan fingerprint density at radius 3 is 2.84 bits per heavy atom. The van der Waals surface area contributed by atoms with Crippen molar-refractivity contribution < 1.29 is 9.84 Å². The molecule has 4 nitrogen and oxygen atoms in total. The van der Waals surface area contributed by atoms with Crippen LogP contribution in [0.4, 0.5) is 0 Å². The second kappa shape index (κ2) is 5.55. The summed E-state index contributed by atoms with van der Waals surface area (Å²) in [4.78, 5) is 6.94. The molecule has 0 radical (unpaired) electrons. The van der Waals surface area contributed by atoms with Gasteiger partial charge in [-0.25, -0.2) is 4.98 Å². The molecule has 0 unspecified atom stereocenters. The number of pyridine rings is 1. The van der Waals surface area contributed by atoms with Gasteiger partial charge in [0.1, 0.15) is 11.3 Å². The van der Waals surface area contributed by atoms with Crippen molar-refractivity contribution in [2.45, 2.75) is 6.42 Å². The Bertz CT molecular complexity index is 565. The zero-order valence-corrected chi connectivity index (χ0v) is 10.9. The zero-order valence-electron chi connectivity index (χ0n) is 10.9. The lowest BCUT2D eigenvalue weighted by Crippen LogP contribution is -2.37. The molecule has 3 rings (SSSR count). The van der Waals surface area contributed by atoms with Crippen LogP contribution in [0, 0.1) is 0 Å². The molecule has 1 N–H and O–H groups in total. The first-order chi connectivity index (χ1) is 9.33. The van der Waals surface area contributed by atoms with Gasteiger partial charge in [-0.05, 0) is 12.1 Å². The molecule has 2 heterocycles. The number of hydrogen-bond acceptors (Lipinski definition) is 4. The maximum absolute atomic E-state index is 9.82. The van der Waals surface area contributed by atoms with E-state index in [-0.39, 0.29) is 5.75 Å². The summed E-state index contributed by atoms with van der Waals surface area (Å²) in [5.41, 5.74) is 1.72. The molecule has 0 saturated carbocycles. The third-order valence-corrected chi connectivity index (χ3v) is 3.54. The van der Waals surface area contributed by atoms with E-state index in [2.05, 4.69) is 9.88 Å². The summed E-state index contributed by atoms with van der Waals surface area (Å²) in [6.07, 6.45) is 0.907. The van der Waals surface area contributed by atoms with Crippen molar-refractivity contribution in [1.82, 2.24) is 9.88 Å². The minimum absolute atomic E-state index is 0.255. The smallest absolute Gasteiger partial charge is 0.141 e. The fraction of sp³-hybridized carbons (Fsp3) is 0.400. The number of rotatable bonds is 3. The van der Waals surface area contributed by atoms with Crippen molar-refractivity contribution in [2.24, 2.45) is 0 Å². The number of fused-ring (bicyclic) bond motifs is 1. The van der Waals surface area contributed by atoms with E-state index in [9.17, 15) is 5.11 Å². The van der Waals surface area contributed by atoms with Gasteiger partial charge in [0.2, 0.25) is 0 Å². The van der Waals surface area contributed by atoms with Crippen LogP contribution in [0.1, 0.15) is 5.69 Å². The molecule has 1 saturated heterocycles. The number of benzene rings is 1. The highest BCUT2D eigenvalue weighted by atomic mass is 16.5. The molecular formula is C15H18N2O2. The number of ether oxygens (including phenoxy) is 1. The van der Waals surface area contributed by atoms with Crippen LogP contribution in [0.5, 0.6) is 5.75 Å². The van der Waals surface area contributed by atoms with Gasteiger partial charge in [0.05, 0.1) is 13.2 Å². The second-order valence-electron chi connectivity index (χ2n) is 4.86. The Hall–Kier alpha value is -1.65. The lowest BCUT2D eigenvalue weighted by Gasteiger charge is -2.26. The Balaban J connectivity index is 1.72. The highest BCUT2D eigenvalue weighted by molar-refractivity contribution is 5.84. The van der Waals surface area contributed by atoms with Crippen molar-refractivity contribution >= 4 is 10.9 Å². The fourth-order valence-electron chi connectivity index (χ4n) is 2.41. The van der Waals surface area contributed by atoms with Gasteiger partial charge < -0.3 is 9.84 Å². The SMILES string of the molecule is Oc1cccc2ccc(CCN3CCOCC3)nc12. The van der Waals surface area contributed by atoms with Crippen molar-refractivity contribution in [3.8, 4) is 5.75 Å². The van der Waals surface area contributed by atoms with Gasteiger partial charge >= 0.3 is 0 Å². The van der Waals surface area contributed by atoms with Crippen molar-refractivity contribution in [1.29, 1.82) is 0 Å². The van der Waals surface area contributed by atoms with Gasteiger partial charge in [-0.15, -0.1) is 0 Å². The Morgan fingerprint density at radius 1 is 1.16 bits per heavy atom. The average Bonchev–Trinajstić information content (AvgIpc) is 2.47. The second-order valence-corrected chi connectivity index (χ2v) is 4.86. The quantitative estimate of drug-likeness (QED) is 0.912. The fourth-order valence-corrected chi connectivity index (χ4v) is 2.41. The molecule has 2 aromatic rings. The predicted molar refractivity (Wildman–Crippen MR) is 74.4 cm³/mol. The molecule has 1 aliphatic heterocycles. The lowest BCUT2D eigenvalue weighted by atomic mass is 10.1. The van der Waals surface area contributed by atoms with E-state index in [0.717, 1.165) is 50.3 Å². The lowest BCUT2D eigenvalue weighted by molar-refractivity contribution is 0.0383. The number of nitrogens with zero attached hydrogens (tertiary/aromatic N) is 2. The van der Waals surface area contributed by atoms with E-state index in [1.807, 2.05) is 24.3 Å². The van der Waals surface area contributed by atoms with Crippen molar-refractivity contribution in [3.63, 3.8) is 0 Å². The van der Waals surface area contributed by atoms with Gasteiger partial charge in [-0.1, -0.05) is 18.2 Å². The highest BCUT2D eigenvalue weighted by Gasteiger charge is 2.10. The first kappa shape index (κ1) is 12.4. The highest BCUT2D eigenvalue weighted by Crippen LogP contribution is 2.22. The van der Waals surface area contributed by atoms with Gasteiger partial charge in [-0.2, -0.15) is 0 Å². The van der Waals surface area contributed by atoms with E-state index < -0.39 is 0 Å². The number of aromatic nitrogens is 1. The third kappa shape index (κ3) is 2.85. The molecule has 100 valence electrons. The van der Waals surface area contributed by atoms with Gasteiger partial charge in [0.25, 0.3) is 0 Å². The number of phenolic OH excluding ortho intramolecular Hbond substituents is 1. The molecule has 1 aromatic carbocycles.